The molecule has 1 aliphatic rings. The van der Waals surface area contributed by atoms with Crippen LogP contribution in [0.3, 0.4) is 0 Å². The second kappa shape index (κ2) is 9.09. The summed E-state index contributed by atoms with van der Waals surface area (Å²) in [6, 6.07) is 15.0. The number of nitrogens with zero attached hydrogens (tertiary/aromatic N) is 7. The average molecular weight is 470 g/mol. The van der Waals surface area contributed by atoms with Gasteiger partial charge in [0.2, 0.25) is 5.95 Å². The van der Waals surface area contributed by atoms with Crippen LogP contribution in [0, 0.1) is 40.2 Å². The van der Waals surface area contributed by atoms with Gasteiger partial charge in [-0.15, -0.1) is 5.10 Å². The third-order valence-electron chi connectivity index (χ3n) is 6.19. The molecule has 0 bridgehead atoms. The van der Waals surface area contributed by atoms with E-state index in [-0.39, 0.29) is 40.9 Å². The van der Waals surface area contributed by atoms with E-state index in [0.29, 0.717) is 30.1 Å². The Morgan fingerprint density at radius 3 is 2.71 bits per heavy atom. The lowest BCUT2D eigenvalue weighted by Gasteiger charge is -2.17. The second-order valence-electron chi connectivity index (χ2n) is 8.48. The van der Waals surface area contributed by atoms with Gasteiger partial charge in [0.1, 0.15) is 17.7 Å². The molecule has 0 aliphatic carbocycles. The molecular weight excluding hydrogens is 450 g/mol. The molecule has 1 aliphatic heterocycles. The summed E-state index contributed by atoms with van der Waals surface area (Å²) < 4.78 is 30.8. The van der Waals surface area contributed by atoms with Crippen LogP contribution < -0.4 is 5.73 Å². The third kappa shape index (κ3) is 4.27. The van der Waals surface area contributed by atoms with E-state index < -0.39 is 5.82 Å². The zero-order valence-electron chi connectivity index (χ0n) is 18.6. The highest BCUT2D eigenvalue weighted by molar-refractivity contribution is 5.67. The molecule has 1 saturated heterocycles. The largest absolute Gasteiger partial charge is 0.368 e. The van der Waals surface area contributed by atoms with Gasteiger partial charge in [-0.3, -0.25) is 4.90 Å². The second-order valence-corrected chi connectivity index (χ2v) is 8.48. The summed E-state index contributed by atoms with van der Waals surface area (Å²) in [5.74, 6) is -0.728. The molecule has 0 spiro atoms. The fourth-order valence-corrected chi connectivity index (χ4v) is 4.42. The molecule has 2 aromatic carbocycles. The van der Waals surface area contributed by atoms with Crippen molar-refractivity contribution in [3.8, 4) is 23.4 Å². The minimum atomic E-state index is -0.692. The lowest BCUT2D eigenvalue weighted by atomic mass is 10.0. The van der Waals surface area contributed by atoms with E-state index in [1.807, 2.05) is 12.1 Å². The maximum Gasteiger partial charge on any atom is 0.223 e. The van der Waals surface area contributed by atoms with E-state index in [1.54, 1.807) is 12.1 Å². The Balaban J connectivity index is 1.47. The van der Waals surface area contributed by atoms with Crippen molar-refractivity contribution in [2.75, 3.05) is 18.8 Å². The van der Waals surface area contributed by atoms with Crippen LogP contribution in [0.4, 0.5) is 14.7 Å². The van der Waals surface area contributed by atoms with Crippen molar-refractivity contribution in [2.45, 2.75) is 19.4 Å². The first-order valence-electron chi connectivity index (χ1n) is 11.1. The van der Waals surface area contributed by atoms with Crippen molar-refractivity contribution in [2.24, 2.45) is 5.92 Å². The molecular formula is C25H20F2N8. The van der Waals surface area contributed by atoms with Crippen LogP contribution in [-0.4, -0.2) is 37.6 Å². The Bertz CT molecular complexity index is 1510. The highest BCUT2D eigenvalue weighted by Gasteiger charge is 2.24. The molecule has 35 heavy (non-hydrogen) atoms. The fraction of sp³-hybridized carbons (Fsp3) is 0.240. The van der Waals surface area contributed by atoms with Gasteiger partial charge < -0.3 is 5.73 Å². The SMILES string of the molecule is N#Cc1cccc(-c2cc3nc(Cc4c(F)cccc4CN4CCC(C#N)C4)nn3c(N)n2)c1F. The molecule has 4 aromatic rings. The number of nitrogen functional groups attached to an aromatic ring is 1. The number of hydrogen-bond donors (Lipinski definition) is 1. The molecule has 3 heterocycles. The minimum absolute atomic E-state index is 0.00419. The van der Waals surface area contributed by atoms with Gasteiger partial charge in [0.05, 0.1) is 23.2 Å². The first-order valence-corrected chi connectivity index (χ1v) is 11.1. The molecule has 2 N–H and O–H groups in total. The Morgan fingerprint density at radius 2 is 1.94 bits per heavy atom. The van der Waals surface area contributed by atoms with Gasteiger partial charge in [0.15, 0.2) is 11.5 Å². The van der Waals surface area contributed by atoms with Crippen molar-refractivity contribution in [3.63, 3.8) is 0 Å². The van der Waals surface area contributed by atoms with Crippen LogP contribution in [0.2, 0.25) is 0 Å². The van der Waals surface area contributed by atoms with Crippen molar-refractivity contribution >= 4 is 11.6 Å². The molecule has 0 amide bonds. The number of halogens is 2. The van der Waals surface area contributed by atoms with Crippen LogP contribution >= 0.6 is 0 Å². The summed E-state index contributed by atoms with van der Waals surface area (Å²) in [5.41, 5.74) is 7.93. The Labute approximate surface area is 199 Å². The topological polar surface area (TPSA) is 120 Å². The molecule has 1 atom stereocenters. The maximum absolute atomic E-state index is 14.9. The van der Waals surface area contributed by atoms with Crippen molar-refractivity contribution in [1.82, 2.24) is 24.5 Å². The summed E-state index contributed by atoms with van der Waals surface area (Å²) in [7, 11) is 0. The summed E-state index contributed by atoms with van der Waals surface area (Å²) in [4.78, 5) is 10.9. The monoisotopic (exact) mass is 470 g/mol. The summed E-state index contributed by atoms with van der Waals surface area (Å²) in [6.07, 6.45) is 0.938. The Morgan fingerprint density at radius 1 is 1.11 bits per heavy atom. The fourth-order valence-electron chi connectivity index (χ4n) is 4.42. The van der Waals surface area contributed by atoms with Crippen LogP contribution in [-0.2, 0) is 13.0 Å². The van der Waals surface area contributed by atoms with Crippen molar-refractivity contribution in [3.05, 3.63) is 76.6 Å². The zero-order valence-corrected chi connectivity index (χ0v) is 18.6. The van der Waals surface area contributed by atoms with E-state index in [0.717, 1.165) is 18.5 Å². The molecule has 8 nitrogen and oxygen atoms in total. The third-order valence-corrected chi connectivity index (χ3v) is 6.19. The van der Waals surface area contributed by atoms with Gasteiger partial charge in [-0.1, -0.05) is 18.2 Å². The standard InChI is InChI=1S/C25H20F2N8/c26-20-6-2-4-17(14-34-8-7-15(11-28)13-34)19(20)9-22-32-23-10-21(31-25(30)35(23)33-22)18-5-1-3-16(12-29)24(18)27/h1-6,10,15H,7-9,13-14H2,(H2,30,31). The smallest absolute Gasteiger partial charge is 0.223 e. The first-order chi connectivity index (χ1) is 17.0. The molecule has 2 aromatic heterocycles. The summed E-state index contributed by atoms with van der Waals surface area (Å²) in [5, 5.41) is 22.7. The lowest BCUT2D eigenvalue weighted by Crippen LogP contribution is -2.21. The van der Waals surface area contributed by atoms with Gasteiger partial charge in [-0.2, -0.15) is 15.0 Å². The number of anilines is 1. The van der Waals surface area contributed by atoms with E-state index in [1.165, 1.54) is 28.8 Å². The Hall–Kier alpha value is -4.41. The number of nitrogens with two attached hydrogens (primary N) is 1. The number of fused-ring (bicyclic) bond motifs is 1. The lowest BCUT2D eigenvalue weighted by molar-refractivity contribution is 0.323. The van der Waals surface area contributed by atoms with Crippen molar-refractivity contribution < 1.29 is 8.78 Å². The van der Waals surface area contributed by atoms with E-state index in [9.17, 15) is 8.78 Å². The van der Waals surface area contributed by atoms with Gasteiger partial charge in [-0.25, -0.2) is 18.7 Å². The van der Waals surface area contributed by atoms with Crippen molar-refractivity contribution in [1.29, 1.82) is 10.5 Å². The number of likely N-dealkylation sites (tertiary alicyclic amines) is 1. The van der Waals surface area contributed by atoms with Gasteiger partial charge in [0, 0.05) is 31.1 Å². The summed E-state index contributed by atoms with van der Waals surface area (Å²) in [6.45, 7) is 1.98. The van der Waals surface area contributed by atoms with Crippen LogP contribution in [0.15, 0.2) is 42.5 Å². The number of nitriles is 2. The van der Waals surface area contributed by atoms with Crippen LogP contribution in [0.5, 0.6) is 0 Å². The molecule has 10 heteroatoms. The zero-order chi connectivity index (χ0) is 24.5. The van der Waals surface area contributed by atoms with Gasteiger partial charge >= 0.3 is 0 Å². The molecule has 1 fully saturated rings. The maximum atomic E-state index is 14.9. The number of benzene rings is 2. The molecule has 174 valence electrons. The number of hydrogen-bond acceptors (Lipinski definition) is 7. The highest BCUT2D eigenvalue weighted by Crippen LogP contribution is 2.26. The highest BCUT2D eigenvalue weighted by atomic mass is 19.1. The molecule has 0 radical (unpaired) electrons. The number of aromatic nitrogens is 4. The normalized spacial score (nSPS) is 15.8. The predicted molar refractivity (Wildman–Crippen MR) is 124 cm³/mol. The van der Waals surface area contributed by atoms with Crippen LogP contribution in [0.25, 0.3) is 16.9 Å². The van der Waals surface area contributed by atoms with E-state index >= 15 is 0 Å². The molecule has 0 saturated carbocycles. The molecule has 1 unspecified atom stereocenters. The van der Waals surface area contributed by atoms with Gasteiger partial charge in [0.25, 0.3) is 0 Å². The molecule has 5 rings (SSSR count). The Kier molecular flexibility index (Phi) is 5.81. The predicted octanol–water partition coefficient (Wildman–Crippen LogP) is 3.46. The van der Waals surface area contributed by atoms with Crippen LogP contribution in [0.1, 0.15) is 28.9 Å². The number of rotatable bonds is 5. The quantitative estimate of drug-likeness (QED) is 0.474. The average Bonchev–Trinajstić information content (AvgIpc) is 3.48. The van der Waals surface area contributed by atoms with E-state index in [2.05, 4.69) is 26.0 Å². The first kappa shape index (κ1) is 22.4. The van der Waals surface area contributed by atoms with Gasteiger partial charge in [-0.05, 0) is 42.3 Å². The van der Waals surface area contributed by atoms with E-state index in [4.69, 9.17) is 16.3 Å². The minimum Gasteiger partial charge on any atom is -0.368 e. The summed E-state index contributed by atoms with van der Waals surface area (Å²) >= 11 is 0.